The van der Waals surface area contributed by atoms with E-state index in [1.54, 1.807) is 6.92 Å². The van der Waals surface area contributed by atoms with Crippen molar-refractivity contribution >= 4 is 17.1 Å². The molecule has 0 saturated carbocycles. The van der Waals surface area contributed by atoms with Crippen LogP contribution in [-0.4, -0.2) is 53.4 Å². The lowest BCUT2D eigenvalue weighted by atomic mass is 10.0. The summed E-state index contributed by atoms with van der Waals surface area (Å²) in [5.74, 6) is -3.84. The molecule has 1 fully saturated rings. The van der Waals surface area contributed by atoms with Crippen LogP contribution in [0.1, 0.15) is 13.2 Å². The molecule has 21 heavy (non-hydrogen) atoms. The van der Waals surface area contributed by atoms with E-state index in [1.807, 2.05) is 0 Å². The van der Waals surface area contributed by atoms with Crippen LogP contribution in [0.3, 0.4) is 0 Å². The van der Waals surface area contributed by atoms with Gasteiger partial charge in [-0.3, -0.25) is 4.57 Å². The van der Waals surface area contributed by atoms with Crippen LogP contribution in [0.5, 0.6) is 5.88 Å². The molecule has 3 heterocycles. The molecule has 114 valence electrons. The van der Waals surface area contributed by atoms with E-state index in [1.165, 1.54) is 10.9 Å². The van der Waals surface area contributed by atoms with Crippen LogP contribution in [0, 0.1) is 5.92 Å². The highest BCUT2D eigenvalue weighted by molar-refractivity contribution is 5.77. The normalized spacial score (nSPS) is 32.9. The third-order valence-corrected chi connectivity index (χ3v) is 3.62. The lowest BCUT2D eigenvalue weighted by Gasteiger charge is -2.20. The predicted octanol–water partition coefficient (Wildman–Crippen LogP) is -0.702. The van der Waals surface area contributed by atoms with Crippen molar-refractivity contribution in [2.75, 3.05) is 12.3 Å². The average Bonchev–Trinajstić information content (AvgIpc) is 2.95. The third-order valence-electron chi connectivity index (χ3n) is 3.62. The van der Waals surface area contributed by atoms with Crippen molar-refractivity contribution in [3.63, 3.8) is 0 Å². The quantitative estimate of drug-likeness (QED) is 0.570. The molecule has 1 aliphatic heterocycles. The molecule has 1 aliphatic rings. The molecule has 0 aliphatic carbocycles. The lowest BCUT2D eigenvalue weighted by Crippen LogP contribution is -2.39. The number of ether oxygens (including phenoxy) is 1. The van der Waals surface area contributed by atoms with Crippen LogP contribution >= 0.6 is 0 Å². The van der Waals surface area contributed by atoms with Gasteiger partial charge in [0, 0.05) is 5.92 Å². The minimum absolute atomic E-state index is 0.0786. The van der Waals surface area contributed by atoms with Crippen molar-refractivity contribution in [3.05, 3.63) is 6.33 Å². The number of halogens is 1. The second kappa shape index (κ2) is 4.48. The number of aliphatic hydroxyl groups is 2. The lowest BCUT2D eigenvalue weighted by molar-refractivity contribution is -0.206. The van der Waals surface area contributed by atoms with Gasteiger partial charge in [-0.05, 0) is 0 Å². The number of aliphatic hydroxyl groups excluding tert-OH is 2. The summed E-state index contributed by atoms with van der Waals surface area (Å²) in [6, 6.07) is 0. The third kappa shape index (κ3) is 1.91. The Labute approximate surface area is 117 Å². The number of aromatic hydroxyl groups is 1. The van der Waals surface area contributed by atoms with E-state index in [-0.39, 0.29) is 17.1 Å². The number of hydrogen-bond donors (Lipinski definition) is 4. The summed E-state index contributed by atoms with van der Waals surface area (Å²) < 4.78 is 20.7. The number of nitrogens with two attached hydrogens (primary N) is 1. The number of aromatic nitrogens is 4. The maximum atomic E-state index is 14.2. The van der Waals surface area contributed by atoms with Gasteiger partial charge >= 0.3 is 0 Å². The molecule has 5 N–H and O–H groups in total. The zero-order chi connectivity index (χ0) is 15.4. The fourth-order valence-corrected chi connectivity index (χ4v) is 2.47. The molecule has 2 aromatic rings. The maximum absolute atomic E-state index is 14.2. The average molecular weight is 299 g/mol. The van der Waals surface area contributed by atoms with Gasteiger partial charge in [0.15, 0.2) is 11.2 Å². The molecule has 0 amide bonds. The summed E-state index contributed by atoms with van der Waals surface area (Å²) in [5.41, 5.74) is 5.69. The van der Waals surface area contributed by atoms with Crippen LogP contribution in [0.4, 0.5) is 10.3 Å². The fraction of sp³-hybridized carbons (Fsp3) is 0.545. The van der Waals surface area contributed by atoms with E-state index < -0.39 is 36.6 Å². The van der Waals surface area contributed by atoms with Gasteiger partial charge in [-0.2, -0.15) is 9.97 Å². The summed E-state index contributed by atoms with van der Waals surface area (Å²) in [7, 11) is 0. The second-order valence-electron chi connectivity index (χ2n) is 4.99. The van der Waals surface area contributed by atoms with Crippen LogP contribution in [-0.2, 0) is 4.74 Å². The number of hydrogen-bond acceptors (Lipinski definition) is 8. The SMILES string of the molecule is C[C@H]1[C@H](n2cnc3c(O)nc(N)nc32)O[C@](F)(CO)[C@H]1O. The predicted molar refractivity (Wildman–Crippen MR) is 67.6 cm³/mol. The Balaban J connectivity index is 2.10. The van der Waals surface area contributed by atoms with E-state index in [0.29, 0.717) is 0 Å². The number of anilines is 1. The van der Waals surface area contributed by atoms with Crippen LogP contribution in [0.25, 0.3) is 11.2 Å². The van der Waals surface area contributed by atoms with Crippen molar-refractivity contribution in [2.45, 2.75) is 25.1 Å². The highest BCUT2D eigenvalue weighted by Gasteiger charge is 2.54. The van der Waals surface area contributed by atoms with Gasteiger partial charge < -0.3 is 25.8 Å². The summed E-state index contributed by atoms with van der Waals surface area (Å²) >= 11 is 0. The van der Waals surface area contributed by atoms with Gasteiger partial charge in [-0.1, -0.05) is 6.92 Å². The number of rotatable bonds is 2. The fourth-order valence-electron chi connectivity index (χ4n) is 2.47. The minimum atomic E-state index is -2.57. The molecule has 0 spiro atoms. The molecule has 9 nitrogen and oxygen atoms in total. The summed E-state index contributed by atoms with van der Waals surface area (Å²) in [6.07, 6.45) is -1.20. The van der Waals surface area contributed by atoms with Crippen molar-refractivity contribution in [2.24, 2.45) is 5.92 Å². The molecule has 4 atom stereocenters. The number of alkyl halides is 1. The molecule has 10 heteroatoms. The van der Waals surface area contributed by atoms with Crippen molar-refractivity contribution < 1.29 is 24.4 Å². The Kier molecular flexibility index (Phi) is 2.97. The molecule has 0 aromatic carbocycles. The van der Waals surface area contributed by atoms with Gasteiger partial charge in [0.05, 0.1) is 6.33 Å². The van der Waals surface area contributed by atoms with Crippen LogP contribution < -0.4 is 5.73 Å². The van der Waals surface area contributed by atoms with Gasteiger partial charge in [-0.25, -0.2) is 9.37 Å². The topological polar surface area (TPSA) is 140 Å². The molecule has 3 rings (SSSR count). The van der Waals surface area contributed by atoms with Crippen molar-refractivity contribution in [1.82, 2.24) is 19.5 Å². The first-order chi connectivity index (χ1) is 9.87. The van der Waals surface area contributed by atoms with Gasteiger partial charge in [-0.15, -0.1) is 0 Å². The second-order valence-corrected chi connectivity index (χ2v) is 4.99. The first kappa shape index (κ1) is 13.9. The number of imidazole rings is 1. The molecule has 0 unspecified atom stereocenters. The minimum Gasteiger partial charge on any atom is -0.492 e. The van der Waals surface area contributed by atoms with Crippen LogP contribution in [0.2, 0.25) is 0 Å². The maximum Gasteiger partial charge on any atom is 0.260 e. The van der Waals surface area contributed by atoms with E-state index in [2.05, 4.69) is 15.0 Å². The first-order valence-corrected chi connectivity index (χ1v) is 6.22. The monoisotopic (exact) mass is 299 g/mol. The van der Waals surface area contributed by atoms with E-state index in [9.17, 15) is 14.6 Å². The molecule has 0 radical (unpaired) electrons. The number of nitrogens with zero attached hydrogens (tertiary/aromatic N) is 4. The zero-order valence-electron chi connectivity index (χ0n) is 11.0. The van der Waals surface area contributed by atoms with Crippen molar-refractivity contribution in [3.8, 4) is 5.88 Å². The highest BCUT2D eigenvalue weighted by atomic mass is 19.2. The Morgan fingerprint density at radius 2 is 2.24 bits per heavy atom. The summed E-state index contributed by atoms with van der Waals surface area (Å²) in [6.45, 7) is 0.576. The van der Waals surface area contributed by atoms with E-state index in [0.717, 1.165) is 0 Å². The summed E-state index contributed by atoms with van der Waals surface area (Å²) in [4.78, 5) is 11.4. The largest absolute Gasteiger partial charge is 0.492 e. The van der Waals surface area contributed by atoms with Crippen LogP contribution in [0.15, 0.2) is 6.33 Å². The molecular weight excluding hydrogens is 285 g/mol. The Morgan fingerprint density at radius 1 is 1.52 bits per heavy atom. The Morgan fingerprint density at radius 3 is 2.86 bits per heavy atom. The Hall–Kier alpha value is -2.04. The molecule has 1 saturated heterocycles. The van der Waals surface area contributed by atoms with Gasteiger partial charge in [0.2, 0.25) is 11.8 Å². The number of fused-ring (bicyclic) bond motifs is 1. The molecule has 0 bridgehead atoms. The molecule has 2 aromatic heterocycles. The first-order valence-electron chi connectivity index (χ1n) is 6.22. The highest BCUT2D eigenvalue weighted by Crippen LogP contribution is 2.43. The Bertz CT molecular complexity index is 695. The standard InChI is InChI=1S/C11H14FN5O4/c1-4-6(19)11(12,2-18)21-9(4)17-3-14-5-7(17)15-10(13)16-8(5)20/h3-4,6,9,18-19H,2H2,1H3,(H3,13,15,16,20)/t4-,6+,9-,11-/m1/s1. The zero-order valence-corrected chi connectivity index (χ0v) is 11.0. The molecular formula is C11H14FN5O4. The van der Waals surface area contributed by atoms with Gasteiger partial charge in [0.1, 0.15) is 18.9 Å². The number of nitrogen functional groups attached to an aromatic ring is 1. The van der Waals surface area contributed by atoms with E-state index in [4.69, 9.17) is 15.6 Å². The summed E-state index contributed by atoms with van der Waals surface area (Å²) in [5, 5.41) is 28.6. The smallest absolute Gasteiger partial charge is 0.260 e. The van der Waals surface area contributed by atoms with Crippen molar-refractivity contribution in [1.29, 1.82) is 0 Å². The van der Waals surface area contributed by atoms with E-state index >= 15 is 0 Å². The van der Waals surface area contributed by atoms with Gasteiger partial charge in [0.25, 0.3) is 5.85 Å².